The van der Waals surface area contributed by atoms with E-state index < -0.39 is 21.4 Å². The molecule has 0 saturated heterocycles. The first-order chi connectivity index (χ1) is 5.37. The standard InChI is InChI=1S/C6H10Cl4O2/c1-2-3(11)6(10,4(7)8)5(9)12/h3-5,11-12H,2H2,1H3. The fourth-order valence-corrected chi connectivity index (χ4v) is 1.81. The van der Waals surface area contributed by atoms with Crippen LogP contribution in [0, 0.1) is 0 Å². The molecule has 0 aromatic heterocycles. The molecule has 0 aliphatic carbocycles. The summed E-state index contributed by atoms with van der Waals surface area (Å²) < 4.78 is 0. The molecule has 0 aromatic carbocycles. The first-order valence-corrected chi connectivity index (χ1v) is 5.03. The van der Waals surface area contributed by atoms with Gasteiger partial charge in [0.1, 0.15) is 9.71 Å². The highest BCUT2D eigenvalue weighted by molar-refractivity contribution is 6.51. The molecule has 0 rings (SSSR count). The summed E-state index contributed by atoms with van der Waals surface area (Å²) in [6.45, 7) is 1.68. The van der Waals surface area contributed by atoms with Crippen LogP contribution < -0.4 is 0 Å². The topological polar surface area (TPSA) is 40.5 Å². The van der Waals surface area contributed by atoms with Crippen molar-refractivity contribution in [2.45, 2.75) is 34.7 Å². The van der Waals surface area contributed by atoms with E-state index >= 15 is 0 Å². The third-order valence-electron chi connectivity index (χ3n) is 1.60. The van der Waals surface area contributed by atoms with Crippen molar-refractivity contribution in [3.05, 3.63) is 0 Å². The number of alkyl halides is 4. The van der Waals surface area contributed by atoms with Crippen molar-refractivity contribution in [3.63, 3.8) is 0 Å². The van der Waals surface area contributed by atoms with E-state index in [2.05, 4.69) is 0 Å². The summed E-state index contributed by atoms with van der Waals surface area (Å²) in [6.07, 6.45) is -0.741. The number of hydrogen-bond acceptors (Lipinski definition) is 2. The summed E-state index contributed by atoms with van der Waals surface area (Å²) in [4.78, 5) is -2.75. The first kappa shape index (κ1) is 13.1. The molecule has 2 N–H and O–H groups in total. The number of rotatable bonds is 4. The zero-order chi connectivity index (χ0) is 9.94. The Morgan fingerprint density at radius 3 is 1.75 bits per heavy atom. The van der Waals surface area contributed by atoms with Crippen molar-refractivity contribution in [2.75, 3.05) is 0 Å². The van der Waals surface area contributed by atoms with Crippen molar-refractivity contribution in [2.24, 2.45) is 0 Å². The van der Waals surface area contributed by atoms with Gasteiger partial charge in [-0.15, -0.1) is 34.8 Å². The largest absolute Gasteiger partial charge is 0.391 e. The molecule has 3 atom stereocenters. The van der Waals surface area contributed by atoms with Crippen molar-refractivity contribution < 1.29 is 10.2 Å². The number of aliphatic hydroxyl groups excluding tert-OH is 2. The van der Waals surface area contributed by atoms with E-state index in [1.807, 2.05) is 0 Å². The SMILES string of the molecule is CCC(O)C(Cl)(C(O)Cl)C(Cl)Cl. The summed E-state index contributed by atoms with van der Waals surface area (Å²) in [5.74, 6) is 0. The smallest absolute Gasteiger partial charge is 0.152 e. The highest BCUT2D eigenvalue weighted by Crippen LogP contribution is 2.37. The molecule has 6 heteroatoms. The second kappa shape index (κ2) is 5.08. The third kappa shape index (κ3) is 2.53. The second-order valence-electron chi connectivity index (χ2n) is 2.39. The minimum Gasteiger partial charge on any atom is -0.391 e. The molecule has 0 bridgehead atoms. The Bertz CT molecular complexity index is 132. The van der Waals surface area contributed by atoms with E-state index in [1.54, 1.807) is 6.92 Å². The van der Waals surface area contributed by atoms with Gasteiger partial charge < -0.3 is 10.2 Å². The van der Waals surface area contributed by atoms with Gasteiger partial charge in [0.2, 0.25) is 0 Å². The van der Waals surface area contributed by atoms with E-state index in [-0.39, 0.29) is 0 Å². The Labute approximate surface area is 91.4 Å². The maximum Gasteiger partial charge on any atom is 0.152 e. The minimum absolute atomic E-state index is 0.309. The average molecular weight is 256 g/mol. The lowest BCUT2D eigenvalue weighted by Crippen LogP contribution is -2.49. The van der Waals surface area contributed by atoms with Crippen LogP contribution in [-0.2, 0) is 0 Å². The molecule has 12 heavy (non-hydrogen) atoms. The van der Waals surface area contributed by atoms with Crippen molar-refractivity contribution in [1.82, 2.24) is 0 Å². The monoisotopic (exact) mass is 254 g/mol. The van der Waals surface area contributed by atoms with E-state index in [9.17, 15) is 5.11 Å². The molecule has 0 radical (unpaired) electrons. The Balaban J connectivity index is 4.61. The normalized spacial score (nSPS) is 22.0. The molecule has 0 aromatic rings. The molecule has 0 aliphatic rings. The summed E-state index contributed by atoms with van der Waals surface area (Å²) in [5, 5.41) is 18.4. The zero-order valence-electron chi connectivity index (χ0n) is 6.35. The van der Waals surface area contributed by atoms with Crippen molar-refractivity contribution in [3.8, 4) is 0 Å². The van der Waals surface area contributed by atoms with Gasteiger partial charge in [-0.25, -0.2) is 0 Å². The summed E-state index contributed by atoms with van der Waals surface area (Å²) in [5.41, 5.74) is -1.49. The van der Waals surface area contributed by atoms with Gasteiger partial charge in [-0.05, 0) is 6.42 Å². The number of aliphatic hydroxyl groups is 2. The van der Waals surface area contributed by atoms with Crippen LogP contribution in [0.15, 0.2) is 0 Å². The maximum absolute atomic E-state index is 9.37. The molecule has 0 spiro atoms. The van der Waals surface area contributed by atoms with E-state index in [1.165, 1.54) is 0 Å². The summed E-state index contributed by atoms with van der Waals surface area (Å²) in [7, 11) is 0. The van der Waals surface area contributed by atoms with E-state index in [4.69, 9.17) is 51.5 Å². The molecular weight excluding hydrogens is 246 g/mol. The van der Waals surface area contributed by atoms with Crippen LogP contribution in [0.25, 0.3) is 0 Å². The third-order valence-corrected chi connectivity index (χ3v) is 3.69. The van der Waals surface area contributed by atoms with Gasteiger partial charge in [0.25, 0.3) is 0 Å². The highest BCUT2D eigenvalue weighted by atomic mass is 35.5. The molecule has 0 saturated carbocycles. The minimum atomic E-state index is -1.61. The van der Waals surface area contributed by atoms with Crippen LogP contribution in [0.5, 0.6) is 0 Å². The first-order valence-electron chi connectivity index (χ1n) is 3.34. The van der Waals surface area contributed by atoms with Crippen LogP contribution in [0.1, 0.15) is 13.3 Å². The molecule has 0 fully saturated rings. The van der Waals surface area contributed by atoms with Crippen molar-refractivity contribution in [1.29, 1.82) is 0 Å². The van der Waals surface area contributed by atoms with Crippen LogP contribution in [0.4, 0.5) is 0 Å². The van der Waals surface area contributed by atoms with E-state index in [0.29, 0.717) is 6.42 Å². The Morgan fingerprint density at radius 1 is 1.25 bits per heavy atom. The quantitative estimate of drug-likeness (QED) is 0.756. The van der Waals surface area contributed by atoms with Gasteiger partial charge in [0.15, 0.2) is 5.56 Å². The fourth-order valence-electron chi connectivity index (χ4n) is 0.721. The predicted molar refractivity (Wildman–Crippen MR) is 52.2 cm³/mol. The van der Waals surface area contributed by atoms with Gasteiger partial charge in [-0.3, -0.25) is 0 Å². The van der Waals surface area contributed by atoms with Crippen molar-refractivity contribution >= 4 is 46.4 Å². The van der Waals surface area contributed by atoms with Gasteiger partial charge in [-0.1, -0.05) is 18.5 Å². The lowest BCUT2D eigenvalue weighted by molar-refractivity contribution is 0.0717. The summed E-state index contributed by atoms with van der Waals surface area (Å²) >= 11 is 22.1. The molecule has 0 amide bonds. The van der Waals surface area contributed by atoms with Crippen LogP contribution in [0.3, 0.4) is 0 Å². The zero-order valence-corrected chi connectivity index (χ0v) is 9.37. The average Bonchev–Trinajstić information content (AvgIpc) is 2.00. The van der Waals surface area contributed by atoms with Crippen LogP contribution >= 0.6 is 46.4 Å². The van der Waals surface area contributed by atoms with Crippen LogP contribution in [0.2, 0.25) is 0 Å². The Kier molecular flexibility index (Phi) is 5.54. The Hall–Kier alpha value is 1.08. The second-order valence-corrected chi connectivity index (χ2v) is 4.55. The lowest BCUT2D eigenvalue weighted by Gasteiger charge is -2.33. The van der Waals surface area contributed by atoms with Gasteiger partial charge >= 0.3 is 0 Å². The molecular formula is C6H10Cl4O2. The molecule has 3 unspecified atom stereocenters. The highest BCUT2D eigenvalue weighted by Gasteiger charge is 2.47. The molecule has 0 aliphatic heterocycles. The van der Waals surface area contributed by atoms with E-state index in [0.717, 1.165) is 0 Å². The maximum atomic E-state index is 9.37. The van der Waals surface area contributed by atoms with Crippen LogP contribution in [-0.4, -0.2) is 31.6 Å². The van der Waals surface area contributed by atoms with Gasteiger partial charge in [0.05, 0.1) is 6.10 Å². The lowest BCUT2D eigenvalue weighted by atomic mass is 10.0. The Morgan fingerprint density at radius 2 is 1.67 bits per heavy atom. The summed E-state index contributed by atoms with van der Waals surface area (Å²) in [6, 6.07) is 0. The molecule has 74 valence electrons. The number of halogens is 4. The number of hydrogen-bond donors (Lipinski definition) is 2. The fraction of sp³-hybridized carbons (Fsp3) is 1.00. The predicted octanol–water partition coefficient (Wildman–Crippen LogP) is 2.10. The van der Waals surface area contributed by atoms with Gasteiger partial charge in [-0.2, -0.15) is 0 Å². The van der Waals surface area contributed by atoms with Gasteiger partial charge in [0, 0.05) is 0 Å². The molecule has 2 nitrogen and oxygen atoms in total. The molecule has 0 heterocycles.